The van der Waals surface area contributed by atoms with Crippen LogP contribution in [0.4, 0.5) is 5.69 Å². The highest BCUT2D eigenvalue weighted by atomic mass is 16.6. The molecule has 2 aliphatic carbocycles. The van der Waals surface area contributed by atoms with Crippen LogP contribution in [-0.2, 0) is 17.3 Å². The average molecular weight is 897 g/mol. The van der Waals surface area contributed by atoms with Gasteiger partial charge in [0, 0.05) is 33.2 Å². The van der Waals surface area contributed by atoms with Gasteiger partial charge < -0.3 is 4.98 Å². The maximum absolute atomic E-state index is 12.5. The zero-order chi connectivity index (χ0) is 46.8. The van der Waals surface area contributed by atoms with Gasteiger partial charge >= 0.3 is 0 Å². The second kappa shape index (κ2) is 13.8. The van der Waals surface area contributed by atoms with Gasteiger partial charge in [-0.05, 0) is 169 Å². The van der Waals surface area contributed by atoms with Gasteiger partial charge in [0.1, 0.15) is 0 Å². The highest BCUT2D eigenvalue weighted by Crippen LogP contribution is 2.56. The summed E-state index contributed by atoms with van der Waals surface area (Å²) in [6.07, 6.45) is 0.730. The number of aromatic amines is 1. The second-order valence-electron chi connectivity index (χ2n) is 20.7. The van der Waals surface area contributed by atoms with Gasteiger partial charge in [-0.1, -0.05) is 166 Å². The molecule has 2 aliphatic rings. The molecule has 1 unspecified atom stereocenters. The van der Waals surface area contributed by atoms with Gasteiger partial charge in [-0.25, -0.2) is 0 Å². The fourth-order valence-corrected chi connectivity index (χ4v) is 13.5. The van der Waals surface area contributed by atoms with Crippen molar-refractivity contribution in [1.82, 2.24) is 4.98 Å². The molecule has 15 rings (SSSR count). The summed E-state index contributed by atoms with van der Waals surface area (Å²) in [6, 6.07) is 70.5. The summed E-state index contributed by atoms with van der Waals surface area (Å²) >= 11 is 0. The summed E-state index contributed by atoms with van der Waals surface area (Å²) in [6.45, 7) is 7.18. The lowest BCUT2D eigenvalue weighted by molar-refractivity contribution is -0.384. The molecule has 13 aromatic rings. The first-order valence-corrected chi connectivity index (χ1v) is 24.4. The van der Waals surface area contributed by atoms with E-state index in [1.165, 1.54) is 137 Å². The fourth-order valence-electron chi connectivity index (χ4n) is 13.5. The fraction of sp³-hybridized carbons (Fsp3) is 0.0909. The number of H-pyrrole nitrogens is 1. The summed E-state index contributed by atoms with van der Waals surface area (Å²) in [5.74, 6) is 0. The Kier molecular flexibility index (Phi) is 7.75. The molecule has 4 nitrogen and oxygen atoms in total. The normalized spacial score (nSPS) is 15.7. The lowest BCUT2D eigenvalue weighted by Crippen LogP contribution is -2.24. The standard InChI is InChI=1S/C66H44N2O2/c1-65(2)58-34-54-45-20-9-6-17-42(45)46-26-24-37(30-51(46)53(54)33-57(58)49-28-29-50-48-21-10-12-22-61(48)67-64(50)63(49)65)36-66(3)59-31-38(39-14-11-13-23-62(39)68(69)70)25-27-47(59)56-32-52-43-18-7-4-15-40(43)41-16-5-8-19-44(41)55(52)35-60(56)66/h4-35,67H,36H2,1-3H3. The molecule has 1 heterocycles. The first-order chi connectivity index (χ1) is 34.2. The zero-order valence-electron chi connectivity index (χ0n) is 38.9. The molecule has 1 atom stereocenters. The minimum Gasteiger partial charge on any atom is -0.354 e. The molecule has 70 heavy (non-hydrogen) atoms. The molecule has 12 aromatic carbocycles. The van der Waals surface area contributed by atoms with Crippen molar-refractivity contribution < 1.29 is 4.92 Å². The first-order valence-electron chi connectivity index (χ1n) is 24.4. The predicted molar refractivity (Wildman–Crippen MR) is 293 cm³/mol. The summed E-state index contributed by atoms with van der Waals surface area (Å²) < 4.78 is 0. The molecule has 1 aromatic heterocycles. The maximum atomic E-state index is 12.5. The van der Waals surface area contributed by atoms with Crippen molar-refractivity contribution in [2.75, 3.05) is 0 Å². The van der Waals surface area contributed by atoms with Crippen LogP contribution in [0, 0.1) is 10.1 Å². The molecule has 0 bridgehead atoms. The Balaban J connectivity index is 0.973. The van der Waals surface area contributed by atoms with Crippen LogP contribution >= 0.6 is 0 Å². The van der Waals surface area contributed by atoms with Crippen LogP contribution in [0.2, 0.25) is 0 Å². The Bertz CT molecular complexity index is 4540. The monoisotopic (exact) mass is 896 g/mol. The van der Waals surface area contributed by atoms with E-state index in [2.05, 4.69) is 196 Å². The van der Waals surface area contributed by atoms with E-state index in [1.54, 1.807) is 12.1 Å². The van der Waals surface area contributed by atoms with Gasteiger partial charge in [-0.3, -0.25) is 10.1 Å². The van der Waals surface area contributed by atoms with Crippen molar-refractivity contribution in [2.24, 2.45) is 0 Å². The largest absolute Gasteiger partial charge is 0.354 e. The molecule has 0 fully saturated rings. The van der Waals surface area contributed by atoms with Crippen LogP contribution < -0.4 is 0 Å². The van der Waals surface area contributed by atoms with Gasteiger partial charge in [0.2, 0.25) is 0 Å². The number of benzene rings is 12. The summed E-state index contributed by atoms with van der Waals surface area (Å²) in [4.78, 5) is 16.0. The van der Waals surface area contributed by atoms with E-state index in [0.717, 1.165) is 12.0 Å². The third-order valence-electron chi connectivity index (χ3n) is 16.7. The van der Waals surface area contributed by atoms with E-state index < -0.39 is 5.41 Å². The second-order valence-corrected chi connectivity index (χ2v) is 20.7. The van der Waals surface area contributed by atoms with Crippen molar-refractivity contribution >= 4 is 92.1 Å². The van der Waals surface area contributed by atoms with Crippen molar-refractivity contribution in [3.63, 3.8) is 0 Å². The number of nitro benzene ring substituents is 1. The van der Waals surface area contributed by atoms with E-state index in [0.29, 0.717) is 5.56 Å². The van der Waals surface area contributed by atoms with Crippen LogP contribution in [0.25, 0.3) is 120 Å². The Labute approximate surface area is 403 Å². The quantitative estimate of drug-likeness (QED) is 0.109. The van der Waals surface area contributed by atoms with Crippen LogP contribution in [-0.4, -0.2) is 9.91 Å². The van der Waals surface area contributed by atoms with Crippen LogP contribution in [0.3, 0.4) is 0 Å². The molecule has 0 radical (unpaired) electrons. The average Bonchev–Trinajstić information content (AvgIpc) is 3.97. The third kappa shape index (κ3) is 5.15. The van der Waals surface area contributed by atoms with Crippen LogP contribution in [0.1, 0.15) is 48.6 Å². The van der Waals surface area contributed by atoms with E-state index >= 15 is 0 Å². The number of hydrogen-bond donors (Lipinski definition) is 1. The summed E-state index contributed by atoms with van der Waals surface area (Å²) in [7, 11) is 0. The molecule has 1 N–H and O–H groups in total. The molecule has 0 amide bonds. The highest BCUT2D eigenvalue weighted by Gasteiger charge is 2.42. The van der Waals surface area contributed by atoms with Crippen LogP contribution in [0.5, 0.6) is 0 Å². The summed E-state index contributed by atoms with van der Waals surface area (Å²) in [5, 5.41) is 30.0. The molecule has 4 heteroatoms. The zero-order valence-corrected chi connectivity index (χ0v) is 38.9. The predicted octanol–water partition coefficient (Wildman–Crippen LogP) is 17.7. The van der Waals surface area contributed by atoms with E-state index in [9.17, 15) is 10.1 Å². The van der Waals surface area contributed by atoms with Crippen molar-refractivity contribution in [3.8, 4) is 33.4 Å². The van der Waals surface area contributed by atoms with Crippen LogP contribution in [0.15, 0.2) is 194 Å². The van der Waals surface area contributed by atoms with Gasteiger partial charge in [-0.15, -0.1) is 0 Å². The minimum atomic E-state index is -0.485. The van der Waals surface area contributed by atoms with Crippen molar-refractivity contribution in [2.45, 2.75) is 38.0 Å². The van der Waals surface area contributed by atoms with Gasteiger partial charge in [0.15, 0.2) is 0 Å². The number of fused-ring (bicyclic) bond motifs is 22. The number of aromatic nitrogens is 1. The van der Waals surface area contributed by atoms with Gasteiger partial charge in [0.05, 0.1) is 16.0 Å². The minimum absolute atomic E-state index is 0.111. The molecular weight excluding hydrogens is 853 g/mol. The Morgan fingerprint density at radius 2 is 0.900 bits per heavy atom. The number of rotatable bonds is 4. The molecule has 330 valence electrons. The van der Waals surface area contributed by atoms with E-state index in [1.807, 2.05) is 12.1 Å². The number of para-hydroxylation sites is 2. The van der Waals surface area contributed by atoms with Crippen molar-refractivity contribution in [3.05, 3.63) is 232 Å². The molecule has 0 spiro atoms. The Morgan fingerprint density at radius 3 is 1.57 bits per heavy atom. The number of hydrogen-bond acceptors (Lipinski definition) is 2. The molecule has 0 saturated heterocycles. The third-order valence-corrected chi connectivity index (χ3v) is 16.7. The highest BCUT2D eigenvalue weighted by molar-refractivity contribution is 6.28. The van der Waals surface area contributed by atoms with E-state index in [4.69, 9.17) is 0 Å². The van der Waals surface area contributed by atoms with Gasteiger partial charge in [0.25, 0.3) is 5.69 Å². The molecule has 0 saturated carbocycles. The first kappa shape index (κ1) is 39.4. The molecule has 0 aliphatic heterocycles. The lowest BCUT2D eigenvalue weighted by atomic mass is 9.74. The Hall–Kier alpha value is -8.60. The SMILES string of the molecule is CC1(C)c2cc3c4ccccc4c4ccc(CC5(C)c6cc(-c7ccccc7[N+](=O)[O-])ccc6-c6cc7c8ccccc8c8ccccc8c7cc65)cc4c3cc2-c2ccc3c([nH]c4ccccc43)c21. The number of nitrogens with zero attached hydrogens (tertiary/aromatic N) is 1. The smallest absolute Gasteiger partial charge is 0.277 e. The lowest BCUT2D eigenvalue weighted by Gasteiger charge is -2.29. The van der Waals surface area contributed by atoms with Crippen molar-refractivity contribution in [1.29, 1.82) is 0 Å². The Morgan fingerprint density at radius 1 is 0.414 bits per heavy atom. The summed E-state index contributed by atoms with van der Waals surface area (Å²) in [5.41, 5.74) is 14.7. The van der Waals surface area contributed by atoms with Gasteiger partial charge in [-0.2, -0.15) is 0 Å². The maximum Gasteiger partial charge on any atom is 0.277 e. The molecular formula is C66H44N2O2. The topological polar surface area (TPSA) is 58.9 Å². The number of nitro groups is 1. The number of nitrogens with one attached hydrogen (secondary N) is 1. The van der Waals surface area contributed by atoms with E-state index in [-0.39, 0.29) is 16.0 Å².